The average molecular weight is 451 g/mol. The van der Waals surface area contributed by atoms with Crippen molar-refractivity contribution in [1.82, 2.24) is 10.3 Å². The summed E-state index contributed by atoms with van der Waals surface area (Å²) < 4.78 is 32.1. The van der Waals surface area contributed by atoms with E-state index in [-0.39, 0.29) is 32.6 Å². The van der Waals surface area contributed by atoms with E-state index in [0.29, 0.717) is 6.54 Å². The number of aromatic nitrogens is 1. The van der Waals surface area contributed by atoms with Crippen LogP contribution in [0.15, 0.2) is 61.2 Å². The number of aryl methyl sites for hydroxylation is 1. The number of rotatable bonds is 9. The van der Waals surface area contributed by atoms with Crippen molar-refractivity contribution in [2.45, 2.75) is 41.7 Å². The van der Waals surface area contributed by atoms with Crippen LogP contribution >= 0.6 is 23.1 Å². The number of carbonyl (C=O) groups excluding carboxylic acids is 1. The zero-order valence-corrected chi connectivity index (χ0v) is 18.6. The van der Waals surface area contributed by atoms with Crippen LogP contribution in [0.25, 0.3) is 10.8 Å². The molecule has 0 saturated carbocycles. The standard InChI is InChI=1S/C20H22N2O4S3/c1-3-4-11-21-17(23)13-28-20-19(22-18(26-20)16-6-5-12-27-16)29(24,25)15-9-7-14(2)8-10-15/h5-10,12H,3-4,11,13H2,1-2H3,(H,21,23). The number of carbonyl (C=O) groups is 1. The van der Waals surface area contributed by atoms with Crippen LogP contribution in [-0.2, 0) is 14.6 Å². The Bertz CT molecular complexity index is 1060. The lowest BCUT2D eigenvalue weighted by Gasteiger charge is -2.05. The van der Waals surface area contributed by atoms with Crippen LogP contribution in [0.4, 0.5) is 0 Å². The second-order valence-corrected chi connectivity index (χ2v) is 10.2. The Labute approximate surface area is 178 Å². The largest absolute Gasteiger partial charge is 0.428 e. The van der Waals surface area contributed by atoms with Gasteiger partial charge in [-0.15, -0.1) is 11.3 Å². The highest BCUT2D eigenvalue weighted by Gasteiger charge is 2.29. The predicted molar refractivity (Wildman–Crippen MR) is 115 cm³/mol. The normalized spacial score (nSPS) is 11.5. The van der Waals surface area contributed by atoms with Crippen LogP contribution in [0.2, 0.25) is 0 Å². The molecule has 0 bridgehead atoms. The summed E-state index contributed by atoms with van der Waals surface area (Å²) in [6.07, 6.45) is 1.88. The molecule has 2 aromatic heterocycles. The first kappa shape index (κ1) is 21.6. The molecule has 3 rings (SSSR count). The maximum Gasteiger partial charge on any atom is 0.238 e. The molecule has 1 amide bonds. The topological polar surface area (TPSA) is 89.3 Å². The molecule has 0 atom stereocenters. The first-order valence-corrected chi connectivity index (χ1v) is 12.5. The van der Waals surface area contributed by atoms with E-state index in [9.17, 15) is 13.2 Å². The lowest BCUT2D eigenvalue weighted by Crippen LogP contribution is -2.26. The molecular weight excluding hydrogens is 428 g/mol. The fourth-order valence-electron chi connectivity index (χ4n) is 2.47. The first-order valence-electron chi connectivity index (χ1n) is 9.17. The van der Waals surface area contributed by atoms with Gasteiger partial charge in [0.1, 0.15) is 0 Å². The molecule has 0 aliphatic heterocycles. The van der Waals surface area contributed by atoms with E-state index in [0.717, 1.165) is 35.0 Å². The Morgan fingerprint density at radius 3 is 2.66 bits per heavy atom. The summed E-state index contributed by atoms with van der Waals surface area (Å²) in [7, 11) is -3.88. The molecule has 154 valence electrons. The van der Waals surface area contributed by atoms with Crippen molar-refractivity contribution in [3.05, 3.63) is 47.3 Å². The van der Waals surface area contributed by atoms with Gasteiger partial charge in [-0.25, -0.2) is 8.42 Å². The van der Waals surface area contributed by atoms with Crippen molar-refractivity contribution in [2.24, 2.45) is 0 Å². The minimum Gasteiger partial charge on any atom is -0.428 e. The van der Waals surface area contributed by atoms with E-state index < -0.39 is 9.84 Å². The molecule has 1 N–H and O–H groups in total. The van der Waals surface area contributed by atoms with Gasteiger partial charge < -0.3 is 9.73 Å². The van der Waals surface area contributed by atoms with Crippen molar-refractivity contribution < 1.29 is 17.6 Å². The minimum atomic E-state index is -3.88. The van der Waals surface area contributed by atoms with E-state index in [2.05, 4.69) is 10.3 Å². The van der Waals surface area contributed by atoms with E-state index in [1.807, 2.05) is 31.4 Å². The van der Waals surface area contributed by atoms with Crippen LogP contribution in [0.3, 0.4) is 0 Å². The number of nitrogens with zero attached hydrogens (tertiary/aromatic N) is 1. The van der Waals surface area contributed by atoms with E-state index in [4.69, 9.17) is 4.42 Å². The SMILES string of the molecule is CCCCNC(=O)CSc1oc(-c2cccs2)nc1S(=O)(=O)c1ccc(C)cc1. The van der Waals surface area contributed by atoms with Gasteiger partial charge in [-0.2, -0.15) is 4.98 Å². The van der Waals surface area contributed by atoms with Crippen LogP contribution < -0.4 is 5.32 Å². The zero-order chi connectivity index (χ0) is 20.9. The highest BCUT2D eigenvalue weighted by Crippen LogP contribution is 2.36. The van der Waals surface area contributed by atoms with E-state index >= 15 is 0 Å². The van der Waals surface area contributed by atoms with Gasteiger partial charge in [0.05, 0.1) is 15.5 Å². The fraction of sp³-hybridized carbons (Fsp3) is 0.300. The number of unbranched alkanes of at least 4 members (excludes halogenated alkanes) is 1. The second-order valence-electron chi connectivity index (χ2n) is 6.40. The van der Waals surface area contributed by atoms with E-state index in [1.165, 1.54) is 11.3 Å². The number of oxazole rings is 1. The van der Waals surface area contributed by atoms with Crippen molar-refractivity contribution in [1.29, 1.82) is 0 Å². The number of hydrogen-bond acceptors (Lipinski definition) is 7. The summed E-state index contributed by atoms with van der Waals surface area (Å²) in [5.74, 6) is 0.120. The molecule has 6 nitrogen and oxygen atoms in total. The number of benzene rings is 1. The highest BCUT2D eigenvalue weighted by molar-refractivity contribution is 8.00. The van der Waals surface area contributed by atoms with E-state index in [1.54, 1.807) is 24.3 Å². The number of sulfone groups is 1. The molecule has 0 saturated heterocycles. The third kappa shape index (κ3) is 5.29. The van der Waals surface area contributed by atoms with Crippen molar-refractivity contribution >= 4 is 38.8 Å². The number of nitrogens with one attached hydrogen (secondary N) is 1. The lowest BCUT2D eigenvalue weighted by atomic mass is 10.2. The summed E-state index contributed by atoms with van der Waals surface area (Å²) in [5.41, 5.74) is 0.960. The molecule has 9 heteroatoms. The Morgan fingerprint density at radius 2 is 2.00 bits per heavy atom. The highest BCUT2D eigenvalue weighted by atomic mass is 32.2. The summed E-state index contributed by atoms with van der Waals surface area (Å²) in [6.45, 7) is 4.53. The van der Waals surface area contributed by atoms with Crippen LogP contribution in [-0.4, -0.2) is 31.6 Å². The lowest BCUT2D eigenvalue weighted by molar-refractivity contribution is -0.118. The van der Waals surface area contributed by atoms with Crippen LogP contribution in [0, 0.1) is 6.92 Å². The van der Waals surface area contributed by atoms with Gasteiger partial charge in [-0.3, -0.25) is 4.79 Å². The molecule has 1 aromatic carbocycles. The van der Waals surface area contributed by atoms with Crippen molar-refractivity contribution in [3.8, 4) is 10.8 Å². The summed E-state index contributed by atoms with van der Waals surface area (Å²) in [4.78, 5) is 17.2. The van der Waals surface area contributed by atoms with Crippen LogP contribution in [0.1, 0.15) is 25.3 Å². The molecule has 0 aliphatic rings. The first-order chi connectivity index (χ1) is 13.9. The Morgan fingerprint density at radius 1 is 1.24 bits per heavy atom. The van der Waals surface area contributed by atoms with Gasteiger partial charge in [0, 0.05) is 6.54 Å². The van der Waals surface area contributed by atoms with Gasteiger partial charge >= 0.3 is 0 Å². The Balaban J connectivity index is 1.90. The number of thioether (sulfide) groups is 1. The van der Waals surface area contributed by atoms with Gasteiger partial charge in [0.25, 0.3) is 0 Å². The summed E-state index contributed by atoms with van der Waals surface area (Å²) in [5, 5.41) is 4.65. The molecule has 0 spiro atoms. The third-order valence-corrected chi connectivity index (χ3v) is 7.68. The maximum atomic E-state index is 13.2. The fourth-order valence-corrected chi connectivity index (χ4v) is 5.48. The number of hydrogen-bond donors (Lipinski definition) is 1. The quantitative estimate of drug-likeness (QED) is 0.380. The molecule has 0 aliphatic carbocycles. The molecule has 2 heterocycles. The summed E-state index contributed by atoms with van der Waals surface area (Å²) >= 11 is 2.45. The Kier molecular flexibility index (Phi) is 7.15. The van der Waals surface area contributed by atoms with Gasteiger partial charge in [-0.1, -0.05) is 48.9 Å². The zero-order valence-electron chi connectivity index (χ0n) is 16.2. The van der Waals surface area contributed by atoms with Gasteiger partial charge in [0.2, 0.25) is 31.8 Å². The molecule has 0 unspecified atom stereocenters. The molecular formula is C20H22N2O4S3. The molecule has 0 fully saturated rings. The molecule has 0 radical (unpaired) electrons. The maximum absolute atomic E-state index is 13.2. The smallest absolute Gasteiger partial charge is 0.238 e. The van der Waals surface area contributed by atoms with Crippen molar-refractivity contribution in [3.63, 3.8) is 0 Å². The number of thiophene rings is 1. The van der Waals surface area contributed by atoms with Gasteiger partial charge in [-0.05, 0) is 36.9 Å². The molecule has 29 heavy (non-hydrogen) atoms. The Hall–Kier alpha value is -2.10. The second kappa shape index (κ2) is 9.60. The van der Waals surface area contributed by atoms with Gasteiger partial charge in [0.15, 0.2) is 0 Å². The third-order valence-electron chi connectivity index (χ3n) is 4.07. The van der Waals surface area contributed by atoms with Crippen LogP contribution in [0.5, 0.6) is 0 Å². The average Bonchev–Trinajstić information content (AvgIpc) is 3.37. The van der Waals surface area contributed by atoms with Crippen molar-refractivity contribution in [2.75, 3.05) is 12.3 Å². The summed E-state index contributed by atoms with van der Waals surface area (Å²) in [6, 6.07) is 10.2. The number of amides is 1. The predicted octanol–water partition coefficient (Wildman–Crippen LogP) is 4.55. The minimum absolute atomic E-state index is 0.0548. The monoisotopic (exact) mass is 450 g/mol. The molecule has 3 aromatic rings.